The van der Waals surface area contributed by atoms with Crippen molar-refractivity contribution in [1.82, 2.24) is 4.98 Å². The van der Waals surface area contributed by atoms with Gasteiger partial charge in [-0.05, 0) is 37.6 Å². The third-order valence-corrected chi connectivity index (χ3v) is 5.18. The minimum Gasteiger partial charge on any atom is -0.358 e. The number of nitrogens with one attached hydrogen (secondary N) is 1. The van der Waals surface area contributed by atoms with Crippen molar-refractivity contribution in [2.75, 3.05) is 5.32 Å². The van der Waals surface area contributed by atoms with Gasteiger partial charge in [0, 0.05) is 21.6 Å². The van der Waals surface area contributed by atoms with Gasteiger partial charge in [0.1, 0.15) is 22.5 Å². The van der Waals surface area contributed by atoms with Crippen LogP contribution >= 0.6 is 27.3 Å². The number of nitrogens with zero attached hydrogens (tertiary/aromatic N) is 2. The van der Waals surface area contributed by atoms with Crippen LogP contribution in [0, 0.1) is 31.0 Å². The van der Waals surface area contributed by atoms with Gasteiger partial charge in [-0.3, -0.25) is 0 Å². The van der Waals surface area contributed by atoms with Crippen molar-refractivity contribution in [3.8, 4) is 17.3 Å². The highest BCUT2D eigenvalue weighted by atomic mass is 79.9. The highest BCUT2D eigenvalue weighted by Gasteiger charge is 2.11. The normalized spacial score (nSPS) is 11.3. The molecule has 1 N–H and O–H groups in total. The van der Waals surface area contributed by atoms with E-state index in [0.717, 1.165) is 16.8 Å². The monoisotopic (exact) mass is 427 g/mol. The Kier molecular flexibility index (Phi) is 5.50. The van der Waals surface area contributed by atoms with E-state index in [4.69, 9.17) is 0 Å². The average molecular weight is 428 g/mol. The molecule has 0 amide bonds. The lowest BCUT2D eigenvalue weighted by Gasteiger charge is -2.04. The first kappa shape index (κ1) is 18.3. The van der Waals surface area contributed by atoms with Gasteiger partial charge in [-0.2, -0.15) is 5.26 Å². The van der Waals surface area contributed by atoms with Crippen LogP contribution in [0.2, 0.25) is 0 Å². The van der Waals surface area contributed by atoms with Gasteiger partial charge in [-0.15, -0.1) is 11.3 Å². The molecule has 3 aromatic rings. The van der Waals surface area contributed by atoms with Crippen LogP contribution in [0.3, 0.4) is 0 Å². The Morgan fingerprint density at radius 2 is 2.08 bits per heavy atom. The van der Waals surface area contributed by atoms with Crippen molar-refractivity contribution < 1.29 is 4.39 Å². The molecule has 0 aliphatic rings. The molecule has 0 aliphatic heterocycles. The van der Waals surface area contributed by atoms with Crippen molar-refractivity contribution in [3.63, 3.8) is 0 Å². The lowest BCUT2D eigenvalue weighted by Crippen LogP contribution is -1.94. The van der Waals surface area contributed by atoms with E-state index in [9.17, 15) is 9.65 Å². The van der Waals surface area contributed by atoms with Crippen LogP contribution in [0.4, 0.5) is 10.1 Å². The van der Waals surface area contributed by atoms with Crippen molar-refractivity contribution in [3.05, 3.63) is 74.4 Å². The summed E-state index contributed by atoms with van der Waals surface area (Å²) in [5.41, 5.74) is 4.86. The van der Waals surface area contributed by atoms with Gasteiger partial charge in [0.15, 0.2) is 0 Å². The zero-order valence-corrected chi connectivity index (χ0v) is 16.6. The van der Waals surface area contributed by atoms with Gasteiger partial charge < -0.3 is 5.32 Å². The molecular formula is C20H15BrFN3S. The first-order valence-corrected chi connectivity index (χ1v) is 9.50. The highest BCUT2D eigenvalue weighted by Crippen LogP contribution is 2.29. The maximum Gasteiger partial charge on any atom is 0.147 e. The van der Waals surface area contributed by atoms with Crippen molar-refractivity contribution in [2.45, 2.75) is 13.8 Å². The molecule has 3 rings (SSSR count). The molecule has 0 atom stereocenters. The second-order valence-electron chi connectivity index (χ2n) is 5.79. The predicted molar refractivity (Wildman–Crippen MR) is 108 cm³/mol. The number of rotatable bonds is 4. The lowest BCUT2D eigenvalue weighted by atomic mass is 10.0. The van der Waals surface area contributed by atoms with Crippen LogP contribution in [-0.2, 0) is 0 Å². The minimum atomic E-state index is -0.400. The number of aromatic nitrogens is 1. The third-order valence-electron chi connectivity index (χ3n) is 3.82. The summed E-state index contributed by atoms with van der Waals surface area (Å²) in [4.78, 5) is 4.58. The Balaban J connectivity index is 1.87. The molecular weight excluding hydrogens is 413 g/mol. The second kappa shape index (κ2) is 7.81. The Hall–Kier alpha value is -2.49. The summed E-state index contributed by atoms with van der Waals surface area (Å²) in [5.74, 6) is -0.400. The van der Waals surface area contributed by atoms with E-state index in [-0.39, 0.29) is 0 Å². The molecule has 2 aromatic carbocycles. The maximum atomic E-state index is 13.9. The fraction of sp³-hybridized carbons (Fsp3) is 0.100. The standard InChI is InChI=1S/C20H15BrFN3S/c1-12-3-5-16(13(2)7-12)19-11-26-20(25-19)14(9-23)10-24-18-6-4-15(21)8-17(18)22/h3-8,10-11,24H,1-2H3. The Bertz CT molecular complexity index is 1030. The smallest absolute Gasteiger partial charge is 0.147 e. The molecule has 0 aliphatic carbocycles. The largest absolute Gasteiger partial charge is 0.358 e. The fourth-order valence-electron chi connectivity index (χ4n) is 2.52. The van der Waals surface area contributed by atoms with Crippen molar-refractivity contribution >= 4 is 38.5 Å². The van der Waals surface area contributed by atoms with Crippen LogP contribution in [0.15, 0.2) is 52.5 Å². The number of hydrogen-bond acceptors (Lipinski definition) is 4. The molecule has 0 saturated heterocycles. The summed E-state index contributed by atoms with van der Waals surface area (Å²) in [6, 6.07) is 13.0. The summed E-state index contributed by atoms with van der Waals surface area (Å²) in [6.45, 7) is 4.09. The molecule has 130 valence electrons. The van der Waals surface area contributed by atoms with Gasteiger partial charge >= 0.3 is 0 Å². The molecule has 0 bridgehead atoms. The van der Waals surface area contributed by atoms with E-state index in [1.54, 1.807) is 12.1 Å². The lowest BCUT2D eigenvalue weighted by molar-refractivity contribution is 0.631. The van der Waals surface area contributed by atoms with Crippen LogP contribution in [-0.4, -0.2) is 4.98 Å². The van der Waals surface area contributed by atoms with E-state index in [2.05, 4.69) is 38.4 Å². The molecule has 1 heterocycles. The molecule has 0 saturated carbocycles. The molecule has 6 heteroatoms. The van der Waals surface area contributed by atoms with Crippen molar-refractivity contribution in [2.24, 2.45) is 0 Å². The van der Waals surface area contributed by atoms with Crippen LogP contribution in [0.25, 0.3) is 16.8 Å². The number of anilines is 1. The zero-order chi connectivity index (χ0) is 18.7. The van der Waals surface area contributed by atoms with E-state index in [0.29, 0.717) is 20.7 Å². The SMILES string of the molecule is Cc1ccc(-c2csc(C(C#N)=CNc3ccc(Br)cc3F)n2)c(C)c1. The summed E-state index contributed by atoms with van der Waals surface area (Å²) in [6.07, 6.45) is 1.48. The molecule has 0 spiro atoms. The quantitative estimate of drug-likeness (QED) is 0.496. The Morgan fingerprint density at radius 3 is 2.77 bits per heavy atom. The molecule has 0 fully saturated rings. The van der Waals surface area contributed by atoms with Gasteiger partial charge in [0.05, 0.1) is 11.4 Å². The minimum absolute atomic E-state index is 0.298. The van der Waals surface area contributed by atoms with Crippen LogP contribution in [0.5, 0.6) is 0 Å². The summed E-state index contributed by atoms with van der Waals surface area (Å²) < 4.78 is 14.5. The maximum absolute atomic E-state index is 13.9. The number of thiazole rings is 1. The van der Waals surface area contributed by atoms with Gasteiger partial charge in [-0.25, -0.2) is 9.37 Å². The van der Waals surface area contributed by atoms with E-state index in [1.807, 2.05) is 31.4 Å². The number of nitriles is 1. The Labute approximate surface area is 164 Å². The van der Waals surface area contributed by atoms with E-state index >= 15 is 0 Å². The number of halogens is 2. The fourth-order valence-corrected chi connectivity index (χ4v) is 3.64. The molecule has 0 radical (unpaired) electrons. The molecule has 26 heavy (non-hydrogen) atoms. The topological polar surface area (TPSA) is 48.7 Å². The molecule has 0 unspecified atom stereocenters. The molecule has 1 aromatic heterocycles. The van der Waals surface area contributed by atoms with Gasteiger partial charge in [-0.1, -0.05) is 39.7 Å². The number of benzene rings is 2. The van der Waals surface area contributed by atoms with Crippen LogP contribution in [0.1, 0.15) is 16.1 Å². The van der Waals surface area contributed by atoms with E-state index < -0.39 is 5.82 Å². The third kappa shape index (κ3) is 4.01. The number of allylic oxidation sites excluding steroid dienone is 1. The summed E-state index contributed by atoms with van der Waals surface area (Å²) in [5, 5.41) is 14.8. The number of hydrogen-bond donors (Lipinski definition) is 1. The predicted octanol–water partition coefficient (Wildman–Crippen LogP) is 6.31. The zero-order valence-electron chi connectivity index (χ0n) is 14.2. The first-order chi connectivity index (χ1) is 12.5. The number of aryl methyl sites for hydroxylation is 2. The molecule has 3 nitrogen and oxygen atoms in total. The average Bonchev–Trinajstić information content (AvgIpc) is 3.06. The van der Waals surface area contributed by atoms with E-state index in [1.165, 1.54) is 29.2 Å². The first-order valence-electron chi connectivity index (χ1n) is 7.83. The highest BCUT2D eigenvalue weighted by molar-refractivity contribution is 9.10. The summed E-state index contributed by atoms with van der Waals surface area (Å²) >= 11 is 4.61. The van der Waals surface area contributed by atoms with Gasteiger partial charge in [0.2, 0.25) is 0 Å². The second-order valence-corrected chi connectivity index (χ2v) is 7.57. The summed E-state index contributed by atoms with van der Waals surface area (Å²) in [7, 11) is 0. The van der Waals surface area contributed by atoms with Crippen molar-refractivity contribution in [1.29, 1.82) is 5.26 Å². The van der Waals surface area contributed by atoms with Crippen LogP contribution < -0.4 is 5.32 Å². The Morgan fingerprint density at radius 1 is 1.27 bits per heavy atom. The van der Waals surface area contributed by atoms with Gasteiger partial charge in [0.25, 0.3) is 0 Å².